The highest BCUT2D eigenvalue weighted by atomic mass is 16.3. The topological polar surface area (TPSA) is 44.0 Å². The summed E-state index contributed by atoms with van der Waals surface area (Å²) in [5, 5.41) is 21.1. The third-order valence-electron chi connectivity index (χ3n) is 5.30. The maximum Gasteiger partial charge on any atom is 0.108 e. The minimum absolute atomic E-state index is 0.585. The number of rotatable bonds is 4. The van der Waals surface area contributed by atoms with Gasteiger partial charge in [0, 0.05) is 0 Å². The minimum Gasteiger partial charge on any atom is -0.383 e. The van der Waals surface area contributed by atoms with Gasteiger partial charge < -0.3 is 5.11 Å². The molecule has 0 bridgehead atoms. The van der Waals surface area contributed by atoms with Crippen LogP contribution in [0, 0.1) is 22.7 Å². The van der Waals surface area contributed by atoms with Gasteiger partial charge in [-0.05, 0) is 43.6 Å². The maximum atomic E-state index is 11.3. The standard InChI is InChI=1S/C18H25NO/c1-3-15-10-12-17(14-19,13-11-15)18(20,4-2)16-8-6-5-7-9-16/h5-9,15,20H,3-4,10-13H2,1-2H3. The van der Waals surface area contributed by atoms with Crippen molar-refractivity contribution < 1.29 is 5.11 Å². The van der Waals surface area contributed by atoms with Crippen molar-refractivity contribution in [3.8, 4) is 6.07 Å². The Labute approximate surface area is 122 Å². The van der Waals surface area contributed by atoms with E-state index in [0.717, 1.165) is 31.2 Å². The lowest BCUT2D eigenvalue weighted by Crippen LogP contribution is -2.46. The number of hydrogen-bond acceptors (Lipinski definition) is 2. The number of benzene rings is 1. The Kier molecular flexibility index (Phi) is 4.50. The Bertz CT molecular complexity index is 468. The number of aliphatic hydroxyl groups is 1. The highest BCUT2D eigenvalue weighted by Gasteiger charge is 2.52. The van der Waals surface area contributed by atoms with Crippen molar-refractivity contribution in [2.45, 2.75) is 58.0 Å². The van der Waals surface area contributed by atoms with Gasteiger partial charge in [-0.25, -0.2) is 0 Å². The van der Waals surface area contributed by atoms with E-state index in [1.54, 1.807) is 0 Å². The van der Waals surface area contributed by atoms with E-state index in [1.807, 2.05) is 37.3 Å². The van der Waals surface area contributed by atoms with E-state index in [9.17, 15) is 10.4 Å². The molecule has 0 saturated heterocycles. The highest BCUT2D eigenvalue weighted by molar-refractivity contribution is 5.29. The predicted molar refractivity (Wildman–Crippen MR) is 80.9 cm³/mol. The van der Waals surface area contributed by atoms with E-state index < -0.39 is 11.0 Å². The second-order valence-corrected chi connectivity index (χ2v) is 6.13. The second-order valence-electron chi connectivity index (χ2n) is 6.13. The molecule has 20 heavy (non-hydrogen) atoms. The summed E-state index contributed by atoms with van der Waals surface area (Å²) in [6, 6.07) is 12.2. The Morgan fingerprint density at radius 2 is 1.85 bits per heavy atom. The van der Waals surface area contributed by atoms with Gasteiger partial charge in [0.2, 0.25) is 0 Å². The zero-order chi connectivity index (χ0) is 14.6. The molecule has 0 radical (unpaired) electrons. The molecule has 0 aliphatic heterocycles. The summed E-state index contributed by atoms with van der Waals surface area (Å²) >= 11 is 0. The molecule has 1 aliphatic carbocycles. The average molecular weight is 271 g/mol. The summed E-state index contributed by atoms with van der Waals surface area (Å²) in [6.45, 7) is 4.20. The van der Waals surface area contributed by atoms with Crippen LogP contribution in [0.5, 0.6) is 0 Å². The van der Waals surface area contributed by atoms with Crippen LogP contribution in [0.4, 0.5) is 0 Å². The van der Waals surface area contributed by atoms with E-state index in [2.05, 4.69) is 13.0 Å². The largest absolute Gasteiger partial charge is 0.383 e. The smallest absolute Gasteiger partial charge is 0.108 e. The summed E-state index contributed by atoms with van der Waals surface area (Å²) in [6.07, 6.45) is 5.49. The van der Waals surface area contributed by atoms with Crippen LogP contribution in [0.2, 0.25) is 0 Å². The number of nitrogens with zero attached hydrogens (tertiary/aromatic N) is 1. The van der Waals surface area contributed by atoms with E-state index in [-0.39, 0.29) is 0 Å². The van der Waals surface area contributed by atoms with Gasteiger partial charge in [-0.15, -0.1) is 0 Å². The monoisotopic (exact) mass is 271 g/mol. The molecule has 1 aromatic carbocycles. The minimum atomic E-state index is -1.03. The first-order valence-electron chi connectivity index (χ1n) is 7.81. The molecule has 1 aromatic rings. The molecular weight excluding hydrogens is 246 g/mol. The fraction of sp³-hybridized carbons (Fsp3) is 0.611. The fourth-order valence-electron chi connectivity index (χ4n) is 3.73. The van der Waals surface area contributed by atoms with Crippen LogP contribution in [-0.4, -0.2) is 5.11 Å². The van der Waals surface area contributed by atoms with E-state index >= 15 is 0 Å². The van der Waals surface area contributed by atoms with Crippen LogP contribution >= 0.6 is 0 Å². The molecule has 1 aliphatic rings. The van der Waals surface area contributed by atoms with Crippen molar-refractivity contribution in [3.63, 3.8) is 0 Å². The molecule has 0 spiro atoms. The lowest BCUT2D eigenvalue weighted by atomic mass is 9.59. The molecule has 1 fully saturated rings. The molecule has 0 heterocycles. The summed E-state index contributed by atoms with van der Waals surface area (Å²) in [5.74, 6) is 0.716. The molecular formula is C18H25NO. The van der Waals surface area contributed by atoms with Crippen molar-refractivity contribution in [3.05, 3.63) is 35.9 Å². The Morgan fingerprint density at radius 3 is 2.30 bits per heavy atom. The summed E-state index contributed by atoms with van der Waals surface area (Å²) in [4.78, 5) is 0. The second kappa shape index (κ2) is 5.97. The van der Waals surface area contributed by atoms with Gasteiger partial charge in [0.05, 0.1) is 11.5 Å². The Hall–Kier alpha value is -1.33. The fourth-order valence-corrected chi connectivity index (χ4v) is 3.73. The molecule has 2 rings (SSSR count). The van der Waals surface area contributed by atoms with E-state index in [1.165, 1.54) is 6.42 Å². The summed E-state index contributed by atoms with van der Waals surface area (Å²) in [7, 11) is 0. The third-order valence-corrected chi connectivity index (χ3v) is 5.30. The van der Waals surface area contributed by atoms with Crippen molar-refractivity contribution in [2.75, 3.05) is 0 Å². The molecule has 1 saturated carbocycles. The molecule has 2 heteroatoms. The molecule has 1 atom stereocenters. The first-order valence-corrected chi connectivity index (χ1v) is 7.81. The molecule has 1 unspecified atom stereocenters. The summed E-state index contributed by atoms with van der Waals surface area (Å²) < 4.78 is 0. The van der Waals surface area contributed by atoms with E-state index in [0.29, 0.717) is 12.3 Å². The first-order chi connectivity index (χ1) is 9.62. The van der Waals surface area contributed by atoms with Crippen molar-refractivity contribution in [1.29, 1.82) is 5.26 Å². The first kappa shape index (κ1) is 15.1. The lowest BCUT2D eigenvalue weighted by molar-refractivity contribution is -0.0878. The van der Waals surface area contributed by atoms with Crippen LogP contribution < -0.4 is 0 Å². The average Bonchev–Trinajstić information content (AvgIpc) is 2.54. The maximum absolute atomic E-state index is 11.3. The predicted octanol–water partition coefficient (Wildman–Crippen LogP) is 4.39. The Balaban J connectivity index is 2.36. The quantitative estimate of drug-likeness (QED) is 0.882. The molecule has 108 valence electrons. The zero-order valence-corrected chi connectivity index (χ0v) is 12.6. The van der Waals surface area contributed by atoms with Gasteiger partial charge in [-0.2, -0.15) is 5.26 Å². The van der Waals surface area contributed by atoms with Gasteiger partial charge in [0.25, 0.3) is 0 Å². The third kappa shape index (κ3) is 2.36. The molecule has 0 amide bonds. The van der Waals surface area contributed by atoms with Gasteiger partial charge in [-0.1, -0.05) is 50.6 Å². The van der Waals surface area contributed by atoms with Gasteiger partial charge in [0.1, 0.15) is 5.60 Å². The zero-order valence-electron chi connectivity index (χ0n) is 12.6. The Morgan fingerprint density at radius 1 is 1.25 bits per heavy atom. The van der Waals surface area contributed by atoms with Crippen molar-refractivity contribution >= 4 is 0 Å². The van der Waals surface area contributed by atoms with E-state index in [4.69, 9.17) is 0 Å². The molecule has 0 aromatic heterocycles. The highest BCUT2D eigenvalue weighted by Crippen LogP contribution is 2.52. The SMILES string of the molecule is CCC1CCC(C#N)(C(O)(CC)c2ccccc2)CC1. The van der Waals surface area contributed by atoms with Crippen molar-refractivity contribution in [2.24, 2.45) is 11.3 Å². The van der Waals surface area contributed by atoms with Gasteiger partial charge in [-0.3, -0.25) is 0 Å². The number of hydrogen-bond donors (Lipinski definition) is 1. The van der Waals surface area contributed by atoms with Crippen LogP contribution in [0.3, 0.4) is 0 Å². The molecule has 1 N–H and O–H groups in total. The van der Waals surface area contributed by atoms with Crippen LogP contribution in [0.1, 0.15) is 57.9 Å². The van der Waals surface area contributed by atoms with Gasteiger partial charge in [0.15, 0.2) is 0 Å². The normalized spacial score (nSPS) is 29.4. The van der Waals surface area contributed by atoms with Crippen LogP contribution in [0.15, 0.2) is 30.3 Å². The number of nitriles is 1. The van der Waals surface area contributed by atoms with Gasteiger partial charge >= 0.3 is 0 Å². The summed E-state index contributed by atoms with van der Waals surface area (Å²) in [5.41, 5.74) is -0.768. The van der Waals surface area contributed by atoms with Crippen LogP contribution in [0.25, 0.3) is 0 Å². The lowest BCUT2D eigenvalue weighted by Gasteiger charge is -2.46. The van der Waals surface area contributed by atoms with Crippen LogP contribution in [-0.2, 0) is 5.60 Å². The molecule has 2 nitrogen and oxygen atoms in total. The van der Waals surface area contributed by atoms with Crippen molar-refractivity contribution in [1.82, 2.24) is 0 Å².